The van der Waals surface area contributed by atoms with Gasteiger partial charge >= 0.3 is 6.09 Å². The Morgan fingerprint density at radius 3 is 2.38 bits per heavy atom. The van der Waals surface area contributed by atoms with Crippen LogP contribution in [-0.2, 0) is 9.53 Å². The van der Waals surface area contributed by atoms with E-state index in [1.165, 1.54) is 0 Å². The van der Waals surface area contributed by atoms with E-state index in [-0.39, 0.29) is 36.1 Å². The molecule has 0 spiro atoms. The van der Waals surface area contributed by atoms with E-state index in [0.29, 0.717) is 19.5 Å². The van der Waals surface area contributed by atoms with Crippen LogP contribution >= 0.6 is 0 Å². The first-order chi connectivity index (χ1) is 13.6. The normalized spacial score (nSPS) is 25.1. The lowest BCUT2D eigenvalue weighted by molar-refractivity contribution is -0.135. The lowest BCUT2D eigenvalue weighted by Crippen LogP contribution is -2.53. The van der Waals surface area contributed by atoms with Crippen molar-refractivity contribution >= 4 is 12.0 Å². The number of rotatable bonds is 4. The molecule has 4 atom stereocenters. The Kier molecular flexibility index (Phi) is 6.08. The molecule has 2 amide bonds. The number of hydrogen-bond acceptors (Lipinski definition) is 5. The van der Waals surface area contributed by atoms with E-state index in [1.54, 1.807) is 4.90 Å². The molecule has 2 aliphatic rings. The van der Waals surface area contributed by atoms with E-state index in [2.05, 4.69) is 0 Å². The molecule has 0 radical (unpaired) electrons. The topological polar surface area (TPSA) is 85.1 Å². The lowest BCUT2D eigenvalue weighted by atomic mass is 10.0. The monoisotopic (exact) mass is 403 g/mol. The number of benzene rings is 1. The zero-order valence-electron chi connectivity index (χ0n) is 18.0. The summed E-state index contributed by atoms with van der Waals surface area (Å²) in [7, 11) is 0. The van der Waals surface area contributed by atoms with Crippen LogP contribution in [0.2, 0.25) is 0 Å². The van der Waals surface area contributed by atoms with Gasteiger partial charge in [0.05, 0.1) is 24.7 Å². The van der Waals surface area contributed by atoms with Crippen LogP contribution in [0.3, 0.4) is 0 Å². The third kappa shape index (κ3) is 4.66. The molecule has 29 heavy (non-hydrogen) atoms. The third-order valence-electron chi connectivity index (χ3n) is 5.52. The van der Waals surface area contributed by atoms with Crippen molar-refractivity contribution < 1.29 is 19.1 Å². The summed E-state index contributed by atoms with van der Waals surface area (Å²) < 4.78 is 11.8. The van der Waals surface area contributed by atoms with Crippen molar-refractivity contribution in [1.29, 1.82) is 0 Å². The Balaban J connectivity index is 1.85. The summed E-state index contributed by atoms with van der Waals surface area (Å²) in [6, 6.07) is 8.55. The average Bonchev–Trinajstić information content (AvgIpc) is 3.21. The minimum absolute atomic E-state index is 0.0402. The largest absolute Gasteiger partial charge is 0.486 e. The summed E-state index contributed by atoms with van der Waals surface area (Å²) in [6.45, 7) is 10.4. The molecular weight excluding hydrogens is 370 g/mol. The first kappa shape index (κ1) is 21.4. The molecule has 1 aromatic rings. The maximum atomic E-state index is 13.0. The van der Waals surface area contributed by atoms with Crippen LogP contribution < -0.4 is 10.5 Å². The number of hydrogen-bond donors (Lipinski definition) is 1. The summed E-state index contributed by atoms with van der Waals surface area (Å²) in [6.07, 6.45) is -0.00962. The van der Waals surface area contributed by atoms with Crippen molar-refractivity contribution in [3.05, 3.63) is 30.3 Å². The highest BCUT2D eigenvalue weighted by atomic mass is 16.6. The molecule has 1 aromatic carbocycles. The zero-order chi connectivity index (χ0) is 21.3. The number of nitrogens with zero attached hydrogens (tertiary/aromatic N) is 2. The van der Waals surface area contributed by atoms with Crippen molar-refractivity contribution in [2.24, 2.45) is 11.7 Å². The molecule has 2 saturated heterocycles. The summed E-state index contributed by atoms with van der Waals surface area (Å²) in [5.74, 6) is 0.674. The Morgan fingerprint density at radius 2 is 1.79 bits per heavy atom. The van der Waals surface area contributed by atoms with E-state index in [4.69, 9.17) is 15.2 Å². The van der Waals surface area contributed by atoms with Gasteiger partial charge in [0.25, 0.3) is 0 Å². The van der Waals surface area contributed by atoms with Gasteiger partial charge in [-0.15, -0.1) is 0 Å². The molecule has 160 valence electrons. The Labute approximate surface area is 173 Å². The van der Waals surface area contributed by atoms with Gasteiger partial charge in [-0.25, -0.2) is 4.79 Å². The van der Waals surface area contributed by atoms with Crippen LogP contribution in [0.4, 0.5) is 4.79 Å². The Morgan fingerprint density at radius 1 is 1.14 bits per heavy atom. The van der Waals surface area contributed by atoms with E-state index in [0.717, 1.165) is 5.75 Å². The van der Waals surface area contributed by atoms with Crippen LogP contribution in [0.15, 0.2) is 30.3 Å². The Bertz CT molecular complexity index is 731. The predicted octanol–water partition coefficient (Wildman–Crippen LogP) is 2.64. The van der Waals surface area contributed by atoms with Crippen molar-refractivity contribution in [3.8, 4) is 5.75 Å². The van der Waals surface area contributed by atoms with Crippen molar-refractivity contribution in [3.63, 3.8) is 0 Å². The molecular formula is C22H33N3O4. The number of nitrogens with two attached hydrogens (primary N) is 1. The first-order valence-electron chi connectivity index (χ1n) is 10.4. The summed E-state index contributed by atoms with van der Waals surface area (Å²) in [5.41, 5.74) is 5.58. The molecule has 0 aliphatic carbocycles. The molecule has 7 nitrogen and oxygen atoms in total. The number of amides is 2. The highest BCUT2D eigenvalue weighted by Crippen LogP contribution is 2.35. The molecule has 0 saturated carbocycles. The molecule has 2 aliphatic heterocycles. The first-order valence-corrected chi connectivity index (χ1v) is 10.4. The predicted molar refractivity (Wildman–Crippen MR) is 111 cm³/mol. The number of carbonyl (C=O) groups excluding carboxylic acids is 2. The van der Waals surface area contributed by atoms with Gasteiger partial charge in [0.15, 0.2) is 0 Å². The lowest BCUT2D eigenvalue weighted by Gasteiger charge is -2.31. The van der Waals surface area contributed by atoms with Crippen LogP contribution in [-0.4, -0.2) is 64.7 Å². The Hall–Kier alpha value is -2.28. The molecule has 3 rings (SSSR count). The fraction of sp³-hybridized carbons (Fsp3) is 0.636. The quantitative estimate of drug-likeness (QED) is 0.835. The number of likely N-dealkylation sites (tertiary alicyclic amines) is 2. The summed E-state index contributed by atoms with van der Waals surface area (Å²) >= 11 is 0. The SMILES string of the molecule is CC(C)C(N)C(=O)N1CCC2C1C(Oc1ccccc1)CN2C(=O)OC(C)(C)C. The van der Waals surface area contributed by atoms with Gasteiger partial charge in [-0.3, -0.25) is 9.69 Å². The minimum Gasteiger partial charge on any atom is -0.486 e. The fourth-order valence-electron chi connectivity index (χ4n) is 4.07. The van der Waals surface area contributed by atoms with Gasteiger partial charge in [-0.2, -0.15) is 0 Å². The molecule has 4 unspecified atom stereocenters. The van der Waals surface area contributed by atoms with Crippen molar-refractivity contribution in [2.45, 2.75) is 70.9 Å². The minimum atomic E-state index is -0.584. The highest BCUT2D eigenvalue weighted by Gasteiger charge is 2.54. The molecule has 0 aromatic heterocycles. The van der Waals surface area contributed by atoms with E-state index < -0.39 is 11.6 Å². The average molecular weight is 404 g/mol. The molecule has 2 fully saturated rings. The van der Waals surface area contributed by atoms with Gasteiger partial charge < -0.3 is 20.1 Å². The summed E-state index contributed by atoms with van der Waals surface area (Å²) in [5, 5.41) is 0. The molecule has 2 heterocycles. The van der Waals surface area contributed by atoms with Gasteiger partial charge in [-0.1, -0.05) is 32.0 Å². The van der Waals surface area contributed by atoms with Gasteiger partial charge in [-0.05, 0) is 45.2 Å². The number of fused-ring (bicyclic) bond motifs is 1. The van der Waals surface area contributed by atoms with Gasteiger partial charge in [0, 0.05) is 6.54 Å². The molecule has 0 bridgehead atoms. The van der Waals surface area contributed by atoms with Crippen molar-refractivity contribution in [1.82, 2.24) is 9.80 Å². The van der Waals surface area contributed by atoms with E-state index in [9.17, 15) is 9.59 Å². The number of ether oxygens (including phenoxy) is 2. The van der Waals surface area contributed by atoms with E-state index >= 15 is 0 Å². The second-order valence-electron chi connectivity index (χ2n) is 9.25. The van der Waals surface area contributed by atoms with Gasteiger partial charge in [0.1, 0.15) is 17.5 Å². The number of para-hydroxylation sites is 1. The smallest absolute Gasteiger partial charge is 0.410 e. The van der Waals surface area contributed by atoms with Crippen LogP contribution in [0.5, 0.6) is 5.75 Å². The standard InChI is InChI=1S/C22H33N3O4/c1-14(2)18(23)20(26)24-12-11-16-19(24)17(28-15-9-7-6-8-10-15)13-25(16)21(27)29-22(3,4)5/h6-10,14,16-19H,11-13,23H2,1-5H3. The zero-order valence-corrected chi connectivity index (χ0v) is 18.0. The molecule has 2 N–H and O–H groups in total. The third-order valence-corrected chi connectivity index (χ3v) is 5.52. The maximum absolute atomic E-state index is 13.0. The van der Waals surface area contributed by atoms with Crippen LogP contribution in [0.1, 0.15) is 41.0 Å². The fourth-order valence-corrected chi connectivity index (χ4v) is 4.07. The number of carbonyl (C=O) groups is 2. The van der Waals surface area contributed by atoms with Crippen molar-refractivity contribution in [2.75, 3.05) is 13.1 Å². The second-order valence-corrected chi connectivity index (χ2v) is 9.25. The maximum Gasteiger partial charge on any atom is 0.410 e. The summed E-state index contributed by atoms with van der Waals surface area (Å²) in [4.78, 5) is 29.4. The van der Waals surface area contributed by atoms with Crippen LogP contribution in [0.25, 0.3) is 0 Å². The van der Waals surface area contributed by atoms with Crippen LogP contribution in [0, 0.1) is 5.92 Å². The molecule has 7 heteroatoms. The highest BCUT2D eigenvalue weighted by molar-refractivity contribution is 5.83. The van der Waals surface area contributed by atoms with E-state index in [1.807, 2.05) is 69.9 Å². The second kappa shape index (κ2) is 8.22. The van der Waals surface area contributed by atoms with Gasteiger partial charge in [0.2, 0.25) is 5.91 Å².